The van der Waals surface area contributed by atoms with Crippen LogP contribution in [0.4, 0.5) is 33.7 Å². The number of aromatic nitrogens is 2. The molecule has 3 aromatic rings. The van der Waals surface area contributed by atoms with E-state index >= 15 is 0 Å². The number of carbonyl (C=O) groups is 1. The van der Waals surface area contributed by atoms with Gasteiger partial charge in [-0.2, -0.15) is 18.3 Å². The number of carbonyl (C=O) groups excluding carboxylic acids is 1. The minimum Gasteiger partial charge on any atom is -0.447 e. The highest BCUT2D eigenvalue weighted by Crippen LogP contribution is 2.31. The molecule has 1 saturated heterocycles. The van der Waals surface area contributed by atoms with Gasteiger partial charge in [-0.05, 0) is 49.4 Å². The number of amides is 1. The molecule has 1 aliphatic rings. The summed E-state index contributed by atoms with van der Waals surface area (Å²) in [6.07, 6.45) is -2.66. The number of cyclic esters (lactones) is 1. The van der Waals surface area contributed by atoms with E-state index in [0.717, 1.165) is 28.9 Å². The maximum Gasteiger partial charge on any atom is 0.416 e. The lowest BCUT2D eigenvalue weighted by Crippen LogP contribution is -2.24. The summed E-state index contributed by atoms with van der Waals surface area (Å²) in [7, 11) is 0. The van der Waals surface area contributed by atoms with Crippen LogP contribution in [0.1, 0.15) is 18.2 Å². The van der Waals surface area contributed by atoms with Gasteiger partial charge in [-0.3, -0.25) is 9.69 Å². The first-order chi connectivity index (χ1) is 17.0. The van der Waals surface area contributed by atoms with Crippen molar-refractivity contribution in [3.63, 3.8) is 0 Å². The lowest BCUT2D eigenvalue weighted by atomic mass is 10.1. The molecule has 0 saturated carbocycles. The molecule has 4 rings (SSSR count). The van der Waals surface area contributed by atoms with Gasteiger partial charge in [0.25, 0.3) is 0 Å². The van der Waals surface area contributed by atoms with E-state index < -0.39 is 29.1 Å². The fourth-order valence-electron chi connectivity index (χ4n) is 3.46. The highest BCUT2D eigenvalue weighted by Gasteiger charge is 2.30. The number of nitrogens with zero attached hydrogens (tertiary/aromatic N) is 4. The molecule has 12 heteroatoms. The first-order valence-corrected chi connectivity index (χ1v) is 10.6. The average molecular weight is 501 g/mol. The summed E-state index contributed by atoms with van der Waals surface area (Å²) in [5.74, 6) is -0.740. The normalized spacial score (nSPS) is 14.8. The minimum atomic E-state index is -4.58. The van der Waals surface area contributed by atoms with Crippen LogP contribution in [0, 0.1) is 5.82 Å². The summed E-state index contributed by atoms with van der Waals surface area (Å²) in [5, 5.41) is 4.17. The Bertz CT molecular complexity index is 1440. The molecule has 1 amide bonds. The van der Waals surface area contributed by atoms with E-state index in [0.29, 0.717) is 0 Å². The van der Waals surface area contributed by atoms with Crippen LogP contribution >= 0.6 is 0 Å². The zero-order valence-corrected chi connectivity index (χ0v) is 18.8. The molecule has 0 atom stereocenters. The van der Waals surface area contributed by atoms with Crippen molar-refractivity contribution < 1.29 is 27.1 Å². The number of aliphatic imine (C=N–C) groups is 1. The smallest absolute Gasteiger partial charge is 0.416 e. The maximum absolute atomic E-state index is 15.0. The van der Waals surface area contributed by atoms with Crippen LogP contribution in [0.3, 0.4) is 0 Å². The Balaban J connectivity index is 1.78. The third kappa shape index (κ3) is 5.27. The van der Waals surface area contributed by atoms with E-state index in [9.17, 15) is 27.2 Å². The summed E-state index contributed by atoms with van der Waals surface area (Å²) in [4.78, 5) is 29.8. The monoisotopic (exact) mass is 501 g/mol. The summed E-state index contributed by atoms with van der Waals surface area (Å²) < 4.78 is 60.3. The molecule has 1 aliphatic heterocycles. The number of benzene rings is 2. The van der Waals surface area contributed by atoms with Crippen LogP contribution in [0.2, 0.25) is 0 Å². The molecule has 0 unspecified atom stereocenters. The molecule has 0 radical (unpaired) electrons. The molecule has 2 N–H and O–H groups in total. The maximum atomic E-state index is 15.0. The van der Waals surface area contributed by atoms with Gasteiger partial charge in [-0.15, -0.1) is 0 Å². The van der Waals surface area contributed by atoms with Crippen LogP contribution in [-0.2, 0) is 10.9 Å². The number of alkyl halides is 3. The number of ether oxygens (including phenoxy) is 1. The average Bonchev–Trinajstić information content (AvgIpc) is 3.24. The topological polar surface area (TPSA) is 103 Å². The van der Waals surface area contributed by atoms with E-state index in [-0.39, 0.29) is 47.3 Å². The molecule has 2 aromatic carbocycles. The minimum absolute atomic E-state index is 0.0422. The molecule has 186 valence electrons. The van der Waals surface area contributed by atoms with Crippen molar-refractivity contribution in [2.75, 3.05) is 18.1 Å². The van der Waals surface area contributed by atoms with E-state index in [1.165, 1.54) is 48.4 Å². The molecule has 0 aliphatic carbocycles. The number of rotatable bonds is 5. The van der Waals surface area contributed by atoms with Crippen LogP contribution in [0.15, 0.2) is 76.3 Å². The van der Waals surface area contributed by atoms with Crippen LogP contribution < -0.4 is 16.1 Å². The zero-order valence-electron chi connectivity index (χ0n) is 18.8. The lowest BCUT2D eigenvalue weighted by Gasteiger charge is -2.15. The van der Waals surface area contributed by atoms with Gasteiger partial charge >= 0.3 is 12.3 Å². The second-order valence-electron chi connectivity index (χ2n) is 7.81. The first kappa shape index (κ1) is 24.6. The van der Waals surface area contributed by atoms with Gasteiger partial charge < -0.3 is 10.5 Å². The van der Waals surface area contributed by atoms with Crippen LogP contribution in [0.25, 0.3) is 5.69 Å². The van der Waals surface area contributed by atoms with Gasteiger partial charge in [-0.1, -0.05) is 6.07 Å². The standard InChI is InChI=1S/C24H19F4N5O3/c1-14(29)11-19(30-16-4-2-3-15(12-16)24(26,27)28)22-21(34)7-8-33(31-22)20-6-5-17(13-18(20)25)32-9-10-36-23(32)35/h2-8,11-13H,9-10,29H2,1H3. The van der Waals surface area contributed by atoms with E-state index in [4.69, 9.17) is 10.5 Å². The predicted octanol–water partition coefficient (Wildman–Crippen LogP) is 4.33. The lowest BCUT2D eigenvalue weighted by molar-refractivity contribution is -0.137. The Morgan fingerprint density at radius 3 is 2.58 bits per heavy atom. The van der Waals surface area contributed by atoms with Crippen molar-refractivity contribution in [1.82, 2.24) is 9.78 Å². The van der Waals surface area contributed by atoms with Crippen molar-refractivity contribution in [2.45, 2.75) is 13.1 Å². The molecular formula is C24H19F4N5O3. The molecule has 1 aromatic heterocycles. The fourth-order valence-corrected chi connectivity index (χ4v) is 3.46. The van der Waals surface area contributed by atoms with Gasteiger partial charge in [0.2, 0.25) is 5.43 Å². The van der Waals surface area contributed by atoms with E-state index in [2.05, 4.69) is 10.1 Å². The van der Waals surface area contributed by atoms with Crippen molar-refractivity contribution in [3.8, 4) is 5.69 Å². The summed E-state index contributed by atoms with van der Waals surface area (Å²) in [6, 6.07) is 9.34. The Kier molecular flexibility index (Phi) is 6.60. The molecule has 0 bridgehead atoms. The molecule has 8 nitrogen and oxygen atoms in total. The highest BCUT2D eigenvalue weighted by molar-refractivity contribution is 6.08. The van der Waals surface area contributed by atoms with Gasteiger partial charge in [0.05, 0.1) is 29.2 Å². The quantitative estimate of drug-likeness (QED) is 0.414. The zero-order chi connectivity index (χ0) is 26.0. The second kappa shape index (κ2) is 9.64. The second-order valence-corrected chi connectivity index (χ2v) is 7.81. The third-order valence-electron chi connectivity index (χ3n) is 5.09. The van der Waals surface area contributed by atoms with Crippen molar-refractivity contribution in [1.29, 1.82) is 0 Å². The number of halogens is 4. The van der Waals surface area contributed by atoms with Gasteiger partial charge in [0.1, 0.15) is 12.3 Å². The summed E-state index contributed by atoms with van der Waals surface area (Å²) >= 11 is 0. The highest BCUT2D eigenvalue weighted by atomic mass is 19.4. The van der Waals surface area contributed by atoms with Gasteiger partial charge in [0.15, 0.2) is 11.5 Å². The summed E-state index contributed by atoms with van der Waals surface area (Å²) in [6.45, 7) is 1.97. The molecule has 2 heterocycles. The number of nitrogens with two attached hydrogens (primary N) is 1. The van der Waals surface area contributed by atoms with E-state index in [1.54, 1.807) is 0 Å². The first-order valence-electron chi connectivity index (χ1n) is 10.6. The van der Waals surface area contributed by atoms with Crippen LogP contribution in [0.5, 0.6) is 0 Å². The Morgan fingerprint density at radius 2 is 1.94 bits per heavy atom. The van der Waals surface area contributed by atoms with Crippen molar-refractivity contribution in [2.24, 2.45) is 10.7 Å². The third-order valence-corrected chi connectivity index (χ3v) is 5.09. The Labute approximate surface area is 201 Å². The van der Waals surface area contributed by atoms with Crippen LogP contribution in [-0.4, -0.2) is 34.7 Å². The number of anilines is 1. The molecule has 0 spiro atoms. The largest absolute Gasteiger partial charge is 0.447 e. The summed E-state index contributed by atoms with van der Waals surface area (Å²) in [5.41, 5.74) is 4.24. The number of hydrogen-bond acceptors (Lipinski definition) is 6. The Morgan fingerprint density at radius 1 is 1.17 bits per heavy atom. The Hall–Kier alpha value is -4.48. The van der Waals surface area contributed by atoms with Gasteiger partial charge in [0, 0.05) is 18.0 Å². The van der Waals surface area contributed by atoms with E-state index in [1.807, 2.05) is 0 Å². The number of allylic oxidation sites excluding steroid dienone is 2. The van der Waals surface area contributed by atoms with Crippen molar-refractivity contribution >= 4 is 23.2 Å². The van der Waals surface area contributed by atoms with Gasteiger partial charge in [-0.25, -0.2) is 18.9 Å². The number of hydrogen-bond donors (Lipinski definition) is 1. The SMILES string of the molecule is CC(N)=CC(=Nc1cccc(C(F)(F)F)c1)c1nn(-c2ccc(N3CCOC3=O)cc2F)ccc1=O. The van der Waals surface area contributed by atoms with Crippen molar-refractivity contribution in [3.05, 3.63) is 93.8 Å². The predicted molar refractivity (Wildman–Crippen MR) is 124 cm³/mol. The molecule has 36 heavy (non-hydrogen) atoms. The molecule has 1 fully saturated rings. The fraction of sp³-hybridized carbons (Fsp3) is 0.167. The molecular weight excluding hydrogens is 482 g/mol.